The molecule has 0 saturated carbocycles. The zero-order valence-electron chi connectivity index (χ0n) is 10.6. The van der Waals surface area contributed by atoms with Gasteiger partial charge in [-0.1, -0.05) is 40.4 Å². The topological polar surface area (TPSA) is 29.1 Å². The number of nitrogens with one attached hydrogen (secondary N) is 1. The normalized spacial score (nSPS) is 10.3. The smallest absolute Gasteiger partial charge is 0.255 e. The average molecular weight is 294 g/mol. The molecule has 0 unspecified atom stereocenters. The van der Waals surface area contributed by atoms with Crippen molar-refractivity contribution >= 4 is 34.8 Å². The highest BCUT2D eigenvalue weighted by atomic mass is 35.5. The molecular formula is C15H13Cl2NO. The average Bonchev–Trinajstić information content (AvgIpc) is 2.32. The summed E-state index contributed by atoms with van der Waals surface area (Å²) in [5.41, 5.74) is 3.21. The van der Waals surface area contributed by atoms with Gasteiger partial charge in [0.2, 0.25) is 0 Å². The van der Waals surface area contributed by atoms with Gasteiger partial charge in [0.15, 0.2) is 0 Å². The summed E-state index contributed by atoms with van der Waals surface area (Å²) in [7, 11) is 0. The van der Waals surface area contributed by atoms with Crippen LogP contribution in [-0.2, 0) is 0 Å². The second-order valence-electron chi connectivity index (χ2n) is 4.45. The fourth-order valence-corrected chi connectivity index (χ4v) is 2.23. The number of anilines is 1. The number of carbonyl (C=O) groups excluding carboxylic acids is 1. The van der Waals surface area contributed by atoms with E-state index >= 15 is 0 Å². The van der Waals surface area contributed by atoms with Crippen LogP contribution in [0, 0.1) is 13.8 Å². The van der Waals surface area contributed by atoms with Crippen LogP contribution in [0.1, 0.15) is 21.5 Å². The van der Waals surface area contributed by atoms with E-state index in [4.69, 9.17) is 23.2 Å². The molecule has 1 N–H and O–H groups in total. The lowest BCUT2D eigenvalue weighted by Crippen LogP contribution is -2.12. The third-order valence-corrected chi connectivity index (χ3v) is 3.23. The van der Waals surface area contributed by atoms with Crippen molar-refractivity contribution in [2.75, 3.05) is 5.32 Å². The molecular weight excluding hydrogens is 281 g/mol. The number of hydrogen-bond donors (Lipinski definition) is 1. The fraction of sp³-hybridized carbons (Fsp3) is 0.133. The maximum atomic E-state index is 12.2. The lowest BCUT2D eigenvalue weighted by molar-refractivity contribution is 0.102. The molecule has 0 fully saturated rings. The number of aryl methyl sites for hydroxylation is 2. The van der Waals surface area contributed by atoms with Crippen molar-refractivity contribution in [3.05, 3.63) is 63.1 Å². The van der Waals surface area contributed by atoms with E-state index in [9.17, 15) is 4.79 Å². The van der Waals surface area contributed by atoms with Crippen molar-refractivity contribution in [1.29, 1.82) is 0 Å². The quantitative estimate of drug-likeness (QED) is 0.841. The summed E-state index contributed by atoms with van der Waals surface area (Å²) in [6.07, 6.45) is 0. The minimum Gasteiger partial charge on any atom is -0.321 e. The number of halogens is 2. The molecule has 2 rings (SSSR count). The highest BCUT2D eigenvalue weighted by Gasteiger charge is 2.09. The number of rotatable bonds is 2. The predicted molar refractivity (Wildman–Crippen MR) is 80.3 cm³/mol. The van der Waals surface area contributed by atoms with E-state index in [1.54, 1.807) is 18.2 Å². The van der Waals surface area contributed by atoms with E-state index in [1.807, 2.05) is 32.0 Å². The van der Waals surface area contributed by atoms with Gasteiger partial charge in [0, 0.05) is 10.6 Å². The molecule has 0 heterocycles. The van der Waals surface area contributed by atoms with Crippen LogP contribution < -0.4 is 5.32 Å². The Hall–Kier alpha value is -1.51. The van der Waals surface area contributed by atoms with Gasteiger partial charge in [-0.25, -0.2) is 0 Å². The fourth-order valence-electron chi connectivity index (χ4n) is 1.89. The van der Waals surface area contributed by atoms with Crippen molar-refractivity contribution in [2.24, 2.45) is 0 Å². The lowest BCUT2D eigenvalue weighted by atomic mass is 10.1. The molecule has 0 spiro atoms. The van der Waals surface area contributed by atoms with Crippen molar-refractivity contribution in [2.45, 2.75) is 13.8 Å². The first-order valence-electron chi connectivity index (χ1n) is 5.80. The van der Waals surface area contributed by atoms with Crippen molar-refractivity contribution in [3.8, 4) is 0 Å². The Labute approximate surface area is 122 Å². The Morgan fingerprint density at radius 1 is 1.00 bits per heavy atom. The van der Waals surface area contributed by atoms with Gasteiger partial charge in [-0.2, -0.15) is 0 Å². The van der Waals surface area contributed by atoms with E-state index in [2.05, 4.69) is 5.32 Å². The summed E-state index contributed by atoms with van der Waals surface area (Å²) in [5, 5.41) is 3.75. The van der Waals surface area contributed by atoms with E-state index < -0.39 is 0 Å². The van der Waals surface area contributed by atoms with Gasteiger partial charge in [0.25, 0.3) is 5.91 Å². The molecule has 0 aliphatic carbocycles. The zero-order valence-corrected chi connectivity index (χ0v) is 12.1. The molecule has 4 heteroatoms. The van der Waals surface area contributed by atoms with Crippen molar-refractivity contribution in [3.63, 3.8) is 0 Å². The molecule has 98 valence electrons. The second-order valence-corrected chi connectivity index (χ2v) is 5.30. The van der Waals surface area contributed by atoms with E-state index in [1.165, 1.54) is 0 Å². The van der Waals surface area contributed by atoms with Gasteiger partial charge >= 0.3 is 0 Å². The van der Waals surface area contributed by atoms with Gasteiger partial charge in [0.05, 0.1) is 10.7 Å². The molecule has 19 heavy (non-hydrogen) atoms. The van der Waals surface area contributed by atoms with Crippen LogP contribution in [0.4, 0.5) is 5.69 Å². The first kappa shape index (κ1) is 13.9. The van der Waals surface area contributed by atoms with Gasteiger partial charge in [-0.3, -0.25) is 4.79 Å². The van der Waals surface area contributed by atoms with Crippen LogP contribution >= 0.6 is 23.2 Å². The first-order valence-corrected chi connectivity index (χ1v) is 6.56. The Morgan fingerprint density at radius 3 is 2.26 bits per heavy atom. The Kier molecular flexibility index (Phi) is 4.13. The Balaban J connectivity index is 2.28. The molecule has 0 aromatic heterocycles. The second kappa shape index (κ2) is 5.64. The maximum absolute atomic E-state index is 12.2. The lowest BCUT2D eigenvalue weighted by Gasteiger charge is -2.09. The largest absolute Gasteiger partial charge is 0.321 e. The van der Waals surface area contributed by atoms with E-state index in [-0.39, 0.29) is 5.91 Å². The first-order chi connectivity index (χ1) is 8.95. The van der Waals surface area contributed by atoms with E-state index in [0.29, 0.717) is 21.3 Å². The molecule has 1 amide bonds. The molecule has 0 saturated heterocycles. The van der Waals surface area contributed by atoms with Crippen molar-refractivity contribution < 1.29 is 4.79 Å². The Morgan fingerprint density at radius 2 is 1.63 bits per heavy atom. The highest BCUT2D eigenvalue weighted by molar-refractivity contribution is 6.35. The van der Waals surface area contributed by atoms with Crippen LogP contribution in [0.5, 0.6) is 0 Å². The monoisotopic (exact) mass is 293 g/mol. The molecule has 2 aromatic carbocycles. The van der Waals surface area contributed by atoms with Gasteiger partial charge in [-0.15, -0.1) is 0 Å². The summed E-state index contributed by atoms with van der Waals surface area (Å²) in [4.78, 5) is 12.2. The Bertz CT molecular complexity index is 618. The number of amides is 1. The molecule has 0 aliphatic rings. The molecule has 0 radical (unpaired) electrons. The number of hydrogen-bond acceptors (Lipinski definition) is 1. The molecule has 2 aromatic rings. The highest BCUT2D eigenvalue weighted by Crippen LogP contribution is 2.26. The number of carbonyl (C=O) groups is 1. The summed E-state index contributed by atoms with van der Waals surface area (Å²) in [5.74, 6) is -0.198. The summed E-state index contributed by atoms with van der Waals surface area (Å²) >= 11 is 11.9. The third-order valence-electron chi connectivity index (χ3n) is 2.66. The van der Waals surface area contributed by atoms with Gasteiger partial charge < -0.3 is 5.32 Å². The minimum atomic E-state index is -0.198. The van der Waals surface area contributed by atoms with Crippen molar-refractivity contribution in [1.82, 2.24) is 0 Å². The molecule has 2 nitrogen and oxygen atoms in total. The predicted octanol–water partition coefficient (Wildman–Crippen LogP) is 4.86. The summed E-state index contributed by atoms with van der Waals surface area (Å²) in [6.45, 7) is 3.91. The van der Waals surface area contributed by atoms with Crippen LogP contribution in [0.2, 0.25) is 10.0 Å². The van der Waals surface area contributed by atoms with Crippen LogP contribution in [0.15, 0.2) is 36.4 Å². The zero-order chi connectivity index (χ0) is 14.0. The standard InChI is InChI=1S/C15H13Cl2NO/c1-9-5-10(2)7-11(6-9)15(19)18-14-8-12(16)3-4-13(14)17/h3-8H,1-2H3,(H,18,19). The van der Waals surface area contributed by atoms with Crippen LogP contribution in [-0.4, -0.2) is 5.91 Å². The van der Waals surface area contributed by atoms with Crippen LogP contribution in [0.25, 0.3) is 0 Å². The van der Waals surface area contributed by atoms with Crippen LogP contribution in [0.3, 0.4) is 0 Å². The number of benzene rings is 2. The molecule has 0 atom stereocenters. The minimum absolute atomic E-state index is 0.198. The van der Waals surface area contributed by atoms with Gasteiger partial charge in [0.1, 0.15) is 0 Å². The SMILES string of the molecule is Cc1cc(C)cc(C(=O)Nc2cc(Cl)ccc2Cl)c1. The third kappa shape index (κ3) is 3.49. The summed E-state index contributed by atoms with van der Waals surface area (Å²) < 4.78 is 0. The summed E-state index contributed by atoms with van der Waals surface area (Å²) in [6, 6.07) is 10.6. The molecule has 0 aliphatic heterocycles. The van der Waals surface area contributed by atoms with Gasteiger partial charge in [-0.05, 0) is 44.2 Å². The maximum Gasteiger partial charge on any atom is 0.255 e. The molecule has 0 bridgehead atoms. The van der Waals surface area contributed by atoms with E-state index in [0.717, 1.165) is 11.1 Å².